The molecule has 0 amide bonds. The molecule has 0 saturated heterocycles. The average Bonchev–Trinajstić information content (AvgIpc) is 2.29. The molecule has 0 N–H and O–H groups in total. The zero-order chi connectivity index (χ0) is 9.64. The van der Waals surface area contributed by atoms with Crippen molar-refractivity contribution in [1.29, 1.82) is 0 Å². The summed E-state index contributed by atoms with van der Waals surface area (Å²) in [6, 6.07) is 9.76. The molecule has 0 aliphatic rings. The maximum Gasteiger partial charge on any atom is 0.0629 e. The molecular formula is C12H10N2. The van der Waals surface area contributed by atoms with Crippen molar-refractivity contribution in [3.8, 4) is 0 Å². The summed E-state index contributed by atoms with van der Waals surface area (Å²) in [7, 11) is 0. The Hall–Kier alpha value is -1.96. The van der Waals surface area contributed by atoms with Gasteiger partial charge in [-0.25, -0.2) is 0 Å². The van der Waals surface area contributed by atoms with Crippen LogP contribution in [0.3, 0.4) is 0 Å². The van der Waals surface area contributed by atoms with Crippen LogP contribution in [0.1, 0.15) is 11.3 Å². The monoisotopic (exact) mass is 182 g/mol. The van der Waals surface area contributed by atoms with Gasteiger partial charge in [-0.05, 0) is 29.8 Å². The van der Waals surface area contributed by atoms with E-state index in [1.165, 1.54) is 0 Å². The van der Waals surface area contributed by atoms with Crippen molar-refractivity contribution in [2.24, 2.45) is 0 Å². The Bertz CT molecular complexity index is 365. The molecule has 2 aromatic rings. The van der Waals surface area contributed by atoms with E-state index >= 15 is 0 Å². The normalized spacial score (nSPS) is 10.6. The van der Waals surface area contributed by atoms with E-state index in [4.69, 9.17) is 0 Å². The molecular weight excluding hydrogens is 172 g/mol. The van der Waals surface area contributed by atoms with Gasteiger partial charge in [-0.15, -0.1) is 0 Å². The summed E-state index contributed by atoms with van der Waals surface area (Å²) in [5.41, 5.74) is 2.04. The summed E-state index contributed by atoms with van der Waals surface area (Å²) in [6.45, 7) is 0. The molecule has 2 rings (SSSR count). The first kappa shape index (κ1) is 8.63. The van der Waals surface area contributed by atoms with E-state index in [-0.39, 0.29) is 0 Å². The van der Waals surface area contributed by atoms with Crippen LogP contribution in [0.2, 0.25) is 0 Å². The lowest BCUT2D eigenvalue weighted by Gasteiger charge is -1.91. The van der Waals surface area contributed by atoms with E-state index < -0.39 is 0 Å². The Morgan fingerprint density at radius 2 is 1.93 bits per heavy atom. The van der Waals surface area contributed by atoms with Crippen molar-refractivity contribution >= 4 is 12.2 Å². The fourth-order valence-electron chi connectivity index (χ4n) is 1.13. The highest BCUT2D eigenvalue weighted by Crippen LogP contribution is 2.03. The van der Waals surface area contributed by atoms with Crippen molar-refractivity contribution < 1.29 is 0 Å². The second-order valence-electron chi connectivity index (χ2n) is 2.87. The van der Waals surface area contributed by atoms with Crippen molar-refractivity contribution in [3.05, 3.63) is 60.2 Å². The molecule has 0 aliphatic carbocycles. The van der Waals surface area contributed by atoms with Gasteiger partial charge in [-0.3, -0.25) is 9.97 Å². The van der Waals surface area contributed by atoms with Crippen LogP contribution < -0.4 is 0 Å². The van der Waals surface area contributed by atoms with Crippen LogP contribution in [-0.2, 0) is 0 Å². The topological polar surface area (TPSA) is 25.8 Å². The number of hydrogen-bond donors (Lipinski definition) is 0. The second-order valence-corrected chi connectivity index (χ2v) is 2.87. The number of hydrogen-bond acceptors (Lipinski definition) is 2. The standard InChI is InChI=1S/C12H10N2/c1-2-9-14-12(5-1)7-6-11-4-3-8-13-10-11/h1-10H. The summed E-state index contributed by atoms with van der Waals surface area (Å²) < 4.78 is 0. The maximum atomic E-state index is 4.19. The summed E-state index contributed by atoms with van der Waals surface area (Å²) in [4.78, 5) is 8.21. The number of pyridine rings is 2. The molecule has 0 radical (unpaired) electrons. The lowest BCUT2D eigenvalue weighted by atomic mass is 10.2. The van der Waals surface area contributed by atoms with Crippen LogP contribution in [-0.4, -0.2) is 9.97 Å². The van der Waals surface area contributed by atoms with Crippen LogP contribution >= 0.6 is 0 Å². The largest absolute Gasteiger partial charge is 0.264 e. The third kappa shape index (κ3) is 2.26. The number of rotatable bonds is 2. The SMILES string of the molecule is C(=Cc1ccccn1)c1cccnc1. The van der Waals surface area contributed by atoms with E-state index in [2.05, 4.69) is 9.97 Å². The van der Waals surface area contributed by atoms with Crippen molar-refractivity contribution in [3.63, 3.8) is 0 Å². The molecule has 0 saturated carbocycles. The van der Waals surface area contributed by atoms with Gasteiger partial charge in [-0.2, -0.15) is 0 Å². The molecule has 0 unspecified atom stereocenters. The van der Waals surface area contributed by atoms with Gasteiger partial charge < -0.3 is 0 Å². The molecule has 2 heterocycles. The Kier molecular flexibility index (Phi) is 2.67. The quantitative estimate of drug-likeness (QED) is 0.713. The van der Waals surface area contributed by atoms with E-state index in [1.807, 2.05) is 48.7 Å². The van der Waals surface area contributed by atoms with Crippen LogP contribution in [0, 0.1) is 0 Å². The van der Waals surface area contributed by atoms with E-state index in [1.54, 1.807) is 12.4 Å². The Labute approximate surface area is 83.0 Å². The predicted octanol–water partition coefficient (Wildman–Crippen LogP) is 2.65. The van der Waals surface area contributed by atoms with Gasteiger partial charge in [-0.1, -0.05) is 18.2 Å². The third-order valence-corrected chi connectivity index (χ3v) is 1.82. The minimum atomic E-state index is 0.955. The molecule has 68 valence electrons. The van der Waals surface area contributed by atoms with Crippen molar-refractivity contribution in [2.75, 3.05) is 0 Å². The van der Waals surface area contributed by atoms with E-state index in [0.717, 1.165) is 11.3 Å². The molecule has 0 bridgehead atoms. The van der Waals surface area contributed by atoms with Crippen LogP contribution in [0.5, 0.6) is 0 Å². The Morgan fingerprint density at radius 1 is 0.929 bits per heavy atom. The Balaban J connectivity index is 2.16. The first-order valence-electron chi connectivity index (χ1n) is 4.44. The van der Waals surface area contributed by atoms with Crippen molar-refractivity contribution in [2.45, 2.75) is 0 Å². The summed E-state index contributed by atoms with van der Waals surface area (Å²) in [5, 5.41) is 0. The predicted molar refractivity (Wildman–Crippen MR) is 57.4 cm³/mol. The van der Waals surface area contributed by atoms with Gasteiger partial charge >= 0.3 is 0 Å². The first-order chi connectivity index (χ1) is 6.95. The number of aromatic nitrogens is 2. The highest BCUT2D eigenvalue weighted by atomic mass is 14.6. The molecule has 2 nitrogen and oxygen atoms in total. The molecule has 2 heteroatoms. The van der Waals surface area contributed by atoms with Gasteiger partial charge in [0.2, 0.25) is 0 Å². The van der Waals surface area contributed by atoms with E-state index in [0.29, 0.717) is 0 Å². The van der Waals surface area contributed by atoms with Crippen molar-refractivity contribution in [1.82, 2.24) is 9.97 Å². The lowest BCUT2D eigenvalue weighted by molar-refractivity contribution is 1.29. The van der Waals surface area contributed by atoms with Gasteiger partial charge in [0.25, 0.3) is 0 Å². The lowest BCUT2D eigenvalue weighted by Crippen LogP contribution is -1.77. The van der Waals surface area contributed by atoms with Crippen LogP contribution in [0.15, 0.2) is 48.9 Å². The second kappa shape index (κ2) is 4.33. The fourth-order valence-corrected chi connectivity index (χ4v) is 1.13. The fraction of sp³-hybridized carbons (Fsp3) is 0. The third-order valence-electron chi connectivity index (χ3n) is 1.82. The van der Waals surface area contributed by atoms with Gasteiger partial charge in [0.1, 0.15) is 0 Å². The average molecular weight is 182 g/mol. The minimum Gasteiger partial charge on any atom is -0.264 e. The highest BCUT2D eigenvalue weighted by Gasteiger charge is 1.86. The molecule has 0 atom stereocenters. The molecule has 0 fully saturated rings. The molecule has 0 aromatic carbocycles. The molecule has 0 aliphatic heterocycles. The van der Waals surface area contributed by atoms with Crippen LogP contribution in [0.25, 0.3) is 12.2 Å². The zero-order valence-electron chi connectivity index (χ0n) is 7.67. The van der Waals surface area contributed by atoms with Crippen LogP contribution in [0.4, 0.5) is 0 Å². The smallest absolute Gasteiger partial charge is 0.0629 e. The summed E-state index contributed by atoms with van der Waals surface area (Å²) in [5.74, 6) is 0. The van der Waals surface area contributed by atoms with Gasteiger partial charge in [0.05, 0.1) is 5.69 Å². The first-order valence-corrected chi connectivity index (χ1v) is 4.44. The maximum absolute atomic E-state index is 4.19. The molecule has 14 heavy (non-hydrogen) atoms. The summed E-state index contributed by atoms with van der Waals surface area (Å²) >= 11 is 0. The molecule has 2 aromatic heterocycles. The highest BCUT2D eigenvalue weighted by molar-refractivity contribution is 5.67. The van der Waals surface area contributed by atoms with E-state index in [9.17, 15) is 0 Å². The Morgan fingerprint density at radius 3 is 2.64 bits per heavy atom. The van der Waals surface area contributed by atoms with Gasteiger partial charge in [0, 0.05) is 18.6 Å². The number of nitrogens with zero attached hydrogens (tertiary/aromatic N) is 2. The minimum absolute atomic E-state index is 0.955. The zero-order valence-corrected chi connectivity index (χ0v) is 7.67. The summed E-state index contributed by atoms with van der Waals surface area (Å²) in [6.07, 6.45) is 9.33. The van der Waals surface area contributed by atoms with Gasteiger partial charge in [0.15, 0.2) is 0 Å². The molecule has 0 spiro atoms.